The molecule has 5 aromatic rings. The SMILES string of the molecule is Cc1ccc(-n2nc(C(C)(C)C)cc2NC(=O)Nc2ccccc2CC2CCN(C(=O)c3nn(-c4ccccc4)nc3C)CC2)cc1. The highest BCUT2D eigenvalue weighted by atomic mass is 16.2. The van der Waals surface area contributed by atoms with E-state index in [1.54, 1.807) is 4.68 Å². The summed E-state index contributed by atoms with van der Waals surface area (Å²) in [5.41, 5.74) is 6.40. The highest BCUT2D eigenvalue weighted by molar-refractivity contribution is 6.00. The summed E-state index contributed by atoms with van der Waals surface area (Å²) in [6.07, 6.45) is 2.53. The standard InChI is InChI=1S/C37H42N8O2/c1-25-15-17-29(18-16-25)44-33(24-32(41-44)37(3,4)5)39-36(47)38-31-14-10-9-11-28(31)23-27-19-21-43(22-20-27)35(46)34-26(2)40-45(42-34)30-12-7-6-8-13-30/h6-18,24,27H,19-23H2,1-5H3,(H2,38,39,47). The second-order valence-corrected chi connectivity index (χ2v) is 13.3. The van der Waals surface area contributed by atoms with Crippen molar-refractivity contribution < 1.29 is 9.59 Å². The smallest absolute Gasteiger partial charge is 0.324 e. The van der Waals surface area contributed by atoms with E-state index in [9.17, 15) is 9.59 Å². The molecule has 2 N–H and O–H groups in total. The van der Waals surface area contributed by atoms with E-state index in [4.69, 9.17) is 5.10 Å². The summed E-state index contributed by atoms with van der Waals surface area (Å²) < 4.78 is 1.78. The van der Waals surface area contributed by atoms with Gasteiger partial charge in [0.05, 0.1) is 22.8 Å². The van der Waals surface area contributed by atoms with Crippen molar-refractivity contribution in [3.05, 3.63) is 113 Å². The van der Waals surface area contributed by atoms with Crippen LogP contribution in [-0.2, 0) is 11.8 Å². The first kappa shape index (κ1) is 31.7. The molecule has 10 heteroatoms. The number of rotatable bonds is 7. The first-order valence-electron chi connectivity index (χ1n) is 16.2. The molecule has 1 fully saturated rings. The molecule has 0 unspecified atom stereocenters. The van der Waals surface area contributed by atoms with E-state index in [1.165, 1.54) is 4.80 Å². The van der Waals surface area contributed by atoms with E-state index in [-0.39, 0.29) is 17.4 Å². The van der Waals surface area contributed by atoms with Gasteiger partial charge < -0.3 is 10.2 Å². The molecule has 0 bridgehead atoms. The van der Waals surface area contributed by atoms with Crippen molar-refractivity contribution in [1.82, 2.24) is 29.7 Å². The van der Waals surface area contributed by atoms with Crippen molar-refractivity contribution in [3.8, 4) is 11.4 Å². The topological polar surface area (TPSA) is 110 Å². The molecule has 6 rings (SSSR count). The first-order chi connectivity index (χ1) is 22.5. The first-order valence-corrected chi connectivity index (χ1v) is 16.2. The van der Waals surface area contributed by atoms with E-state index in [0.717, 1.165) is 53.1 Å². The number of aryl methyl sites for hydroxylation is 2. The van der Waals surface area contributed by atoms with Gasteiger partial charge in [-0.1, -0.05) is 74.9 Å². The number of hydrogen-bond donors (Lipinski definition) is 2. The van der Waals surface area contributed by atoms with Crippen LogP contribution in [0.1, 0.15) is 66.6 Å². The summed E-state index contributed by atoms with van der Waals surface area (Å²) in [7, 11) is 0. The third kappa shape index (κ3) is 7.27. The van der Waals surface area contributed by atoms with Gasteiger partial charge in [0.25, 0.3) is 5.91 Å². The zero-order chi connectivity index (χ0) is 33.1. The Morgan fingerprint density at radius 2 is 1.49 bits per heavy atom. The summed E-state index contributed by atoms with van der Waals surface area (Å²) in [6, 6.07) is 27.2. The van der Waals surface area contributed by atoms with Crippen molar-refractivity contribution in [2.75, 3.05) is 23.7 Å². The predicted molar refractivity (Wildman–Crippen MR) is 185 cm³/mol. The fraction of sp³-hybridized carbons (Fsp3) is 0.324. The molecule has 0 saturated carbocycles. The van der Waals surface area contributed by atoms with Crippen LogP contribution in [0.3, 0.4) is 0 Å². The predicted octanol–water partition coefficient (Wildman–Crippen LogP) is 7.11. The van der Waals surface area contributed by atoms with Crippen LogP contribution in [0, 0.1) is 19.8 Å². The van der Waals surface area contributed by atoms with Crippen molar-refractivity contribution in [2.24, 2.45) is 5.92 Å². The molecule has 1 aliphatic rings. The monoisotopic (exact) mass is 630 g/mol. The van der Waals surface area contributed by atoms with Gasteiger partial charge in [-0.05, 0) is 74.9 Å². The van der Waals surface area contributed by atoms with Crippen molar-refractivity contribution in [1.29, 1.82) is 0 Å². The number of amides is 3. The normalized spacial score (nSPS) is 13.9. The number of benzene rings is 3. The molecule has 242 valence electrons. The number of carbonyl (C=O) groups is 2. The number of piperidine rings is 1. The Hall–Kier alpha value is -5.25. The van der Waals surface area contributed by atoms with E-state index < -0.39 is 0 Å². The van der Waals surface area contributed by atoms with Gasteiger partial charge in [-0.2, -0.15) is 15.0 Å². The van der Waals surface area contributed by atoms with Crippen LogP contribution >= 0.6 is 0 Å². The Bertz CT molecular complexity index is 1860. The molecule has 0 spiro atoms. The molecule has 1 aliphatic heterocycles. The summed E-state index contributed by atoms with van der Waals surface area (Å²) in [5, 5.41) is 19.9. The zero-order valence-corrected chi connectivity index (χ0v) is 27.7. The number of hydrogen-bond acceptors (Lipinski definition) is 5. The molecular formula is C37H42N8O2. The largest absolute Gasteiger partial charge is 0.337 e. The molecular weight excluding hydrogens is 588 g/mol. The number of anilines is 2. The second-order valence-electron chi connectivity index (χ2n) is 13.3. The molecule has 10 nitrogen and oxygen atoms in total. The van der Waals surface area contributed by atoms with E-state index in [1.807, 2.05) is 97.6 Å². The van der Waals surface area contributed by atoms with E-state index in [0.29, 0.717) is 36.2 Å². The number of likely N-dealkylation sites (tertiary alicyclic amines) is 1. The van der Waals surface area contributed by atoms with Gasteiger partial charge in [0.1, 0.15) is 5.82 Å². The Labute approximate surface area is 275 Å². The number of nitrogens with zero attached hydrogens (tertiary/aromatic N) is 6. The lowest BCUT2D eigenvalue weighted by Gasteiger charge is -2.32. The van der Waals surface area contributed by atoms with Crippen LogP contribution in [0.25, 0.3) is 11.4 Å². The molecule has 3 aromatic carbocycles. The third-order valence-electron chi connectivity index (χ3n) is 8.65. The molecule has 47 heavy (non-hydrogen) atoms. The van der Waals surface area contributed by atoms with Crippen LogP contribution < -0.4 is 10.6 Å². The minimum Gasteiger partial charge on any atom is -0.337 e. The maximum atomic E-state index is 13.4. The molecule has 1 saturated heterocycles. The number of carbonyl (C=O) groups excluding carboxylic acids is 2. The molecule has 3 heterocycles. The fourth-order valence-corrected chi connectivity index (χ4v) is 5.86. The van der Waals surface area contributed by atoms with Gasteiger partial charge in [-0.15, -0.1) is 5.10 Å². The number of para-hydroxylation sites is 2. The maximum Gasteiger partial charge on any atom is 0.324 e. The van der Waals surface area contributed by atoms with Gasteiger partial charge >= 0.3 is 6.03 Å². The average Bonchev–Trinajstić information content (AvgIpc) is 3.67. The minimum absolute atomic E-state index is 0.0821. The van der Waals surface area contributed by atoms with Gasteiger partial charge in [0.2, 0.25) is 0 Å². The lowest BCUT2D eigenvalue weighted by atomic mass is 9.89. The van der Waals surface area contributed by atoms with Crippen LogP contribution in [0.2, 0.25) is 0 Å². The number of aromatic nitrogens is 5. The lowest BCUT2D eigenvalue weighted by Crippen LogP contribution is -2.39. The Morgan fingerprint density at radius 3 is 2.19 bits per heavy atom. The molecule has 0 radical (unpaired) electrons. The molecule has 0 aliphatic carbocycles. The average molecular weight is 631 g/mol. The quantitative estimate of drug-likeness (QED) is 0.199. The van der Waals surface area contributed by atoms with Crippen molar-refractivity contribution in [3.63, 3.8) is 0 Å². The van der Waals surface area contributed by atoms with Gasteiger partial charge in [0.15, 0.2) is 5.69 Å². The van der Waals surface area contributed by atoms with Gasteiger partial charge in [0, 0.05) is 30.3 Å². The Balaban J connectivity index is 1.09. The van der Waals surface area contributed by atoms with Crippen LogP contribution in [-0.4, -0.2) is 54.7 Å². The number of nitrogens with one attached hydrogen (secondary N) is 2. The van der Waals surface area contributed by atoms with Gasteiger partial charge in [-0.3, -0.25) is 10.1 Å². The third-order valence-corrected chi connectivity index (χ3v) is 8.65. The van der Waals surface area contributed by atoms with Crippen LogP contribution in [0.4, 0.5) is 16.3 Å². The highest BCUT2D eigenvalue weighted by Gasteiger charge is 2.28. The zero-order valence-electron chi connectivity index (χ0n) is 27.7. The summed E-state index contributed by atoms with van der Waals surface area (Å²) >= 11 is 0. The van der Waals surface area contributed by atoms with E-state index >= 15 is 0 Å². The molecule has 3 amide bonds. The summed E-state index contributed by atoms with van der Waals surface area (Å²) in [6.45, 7) is 11.5. The van der Waals surface area contributed by atoms with Crippen LogP contribution in [0.5, 0.6) is 0 Å². The van der Waals surface area contributed by atoms with Crippen LogP contribution in [0.15, 0.2) is 84.9 Å². The summed E-state index contributed by atoms with van der Waals surface area (Å²) in [5.74, 6) is 0.898. The second kappa shape index (κ2) is 13.2. The highest BCUT2D eigenvalue weighted by Crippen LogP contribution is 2.29. The van der Waals surface area contributed by atoms with E-state index in [2.05, 4.69) is 47.7 Å². The van der Waals surface area contributed by atoms with Crippen molar-refractivity contribution >= 4 is 23.4 Å². The fourth-order valence-electron chi connectivity index (χ4n) is 5.86. The Morgan fingerprint density at radius 1 is 0.809 bits per heavy atom. The molecule has 0 atom stereocenters. The van der Waals surface area contributed by atoms with Crippen molar-refractivity contribution in [2.45, 2.75) is 59.3 Å². The minimum atomic E-state index is -0.328. The summed E-state index contributed by atoms with van der Waals surface area (Å²) in [4.78, 5) is 30.2. The Kier molecular flexibility index (Phi) is 8.93. The lowest BCUT2D eigenvalue weighted by molar-refractivity contribution is 0.0683. The molecule has 2 aromatic heterocycles. The number of urea groups is 1. The maximum absolute atomic E-state index is 13.4. The van der Waals surface area contributed by atoms with Gasteiger partial charge in [-0.25, -0.2) is 9.48 Å².